The summed E-state index contributed by atoms with van der Waals surface area (Å²) in [6, 6.07) is 15.1. The monoisotopic (exact) mass is 326 g/mol. The first kappa shape index (κ1) is 16.7. The van der Waals surface area contributed by atoms with Gasteiger partial charge in [0.1, 0.15) is 5.82 Å². The number of nitrogens with zero attached hydrogens (tertiary/aromatic N) is 1. The quantitative estimate of drug-likeness (QED) is 0.826. The Morgan fingerprint density at radius 1 is 1.17 bits per heavy atom. The zero-order chi connectivity index (χ0) is 16.9. The van der Waals surface area contributed by atoms with Crippen LogP contribution in [0.5, 0.6) is 0 Å². The molecular formula is C20H23FN2O. The molecule has 0 aromatic heterocycles. The number of benzene rings is 2. The number of para-hydroxylation sites is 1. The molecule has 0 saturated carbocycles. The highest BCUT2D eigenvalue weighted by Crippen LogP contribution is 2.32. The lowest BCUT2D eigenvalue weighted by Gasteiger charge is -2.22. The fourth-order valence-electron chi connectivity index (χ4n) is 3.31. The number of fused-ring (bicyclic) bond motifs is 1. The van der Waals surface area contributed by atoms with Crippen LogP contribution in [-0.4, -0.2) is 25.0 Å². The largest absolute Gasteiger partial charge is 0.316 e. The van der Waals surface area contributed by atoms with E-state index in [1.165, 1.54) is 11.6 Å². The Balaban J connectivity index is 1.46. The van der Waals surface area contributed by atoms with Gasteiger partial charge in [-0.2, -0.15) is 0 Å². The average molecular weight is 326 g/mol. The molecule has 1 heterocycles. The molecule has 0 aliphatic carbocycles. The van der Waals surface area contributed by atoms with Crippen LogP contribution in [0, 0.1) is 5.82 Å². The number of carbonyl (C=O) groups excluding carboxylic acids is 1. The second-order valence-electron chi connectivity index (χ2n) is 6.29. The molecule has 1 aliphatic heterocycles. The van der Waals surface area contributed by atoms with Gasteiger partial charge in [0.15, 0.2) is 0 Å². The van der Waals surface area contributed by atoms with Crippen molar-refractivity contribution < 1.29 is 9.18 Å². The molecule has 1 aliphatic rings. The molecule has 1 N–H and O–H groups in total. The highest BCUT2D eigenvalue weighted by Gasteiger charge is 2.29. The number of hydrogen-bond donors (Lipinski definition) is 1. The van der Waals surface area contributed by atoms with E-state index in [-0.39, 0.29) is 17.8 Å². The van der Waals surface area contributed by atoms with Gasteiger partial charge in [-0.3, -0.25) is 4.79 Å². The van der Waals surface area contributed by atoms with Gasteiger partial charge in [-0.25, -0.2) is 4.39 Å². The van der Waals surface area contributed by atoms with Crippen LogP contribution in [0.25, 0.3) is 0 Å². The van der Waals surface area contributed by atoms with Gasteiger partial charge < -0.3 is 10.2 Å². The van der Waals surface area contributed by atoms with Crippen LogP contribution >= 0.6 is 0 Å². The number of carbonyl (C=O) groups is 1. The summed E-state index contributed by atoms with van der Waals surface area (Å²) < 4.78 is 13.5. The van der Waals surface area contributed by atoms with Crippen molar-refractivity contribution >= 4 is 11.6 Å². The van der Waals surface area contributed by atoms with Crippen LogP contribution < -0.4 is 10.2 Å². The van der Waals surface area contributed by atoms with E-state index >= 15 is 0 Å². The van der Waals surface area contributed by atoms with E-state index in [2.05, 4.69) is 18.3 Å². The molecule has 0 saturated heterocycles. The summed E-state index contributed by atoms with van der Waals surface area (Å²) in [6.45, 7) is 3.36. The van der Waals surface area contributed by atoms with Crippen molar-refractivity contribution in [2.45, 2.75) is 32.2 Å². The Morgan fingerprint density at radius 3 is 2.75 bits per heavy atom. The Morgan fingerprint density at radius 2 is 1.92 bits per heavy atom. The third-order valence-electron chi connectivity index (χ3n) is 4.52. The number of halogens is 1. The number of nitrogens with one attached hydrogen (secondary N) is 1. The molecule has 1 amide bonds. The SMILES string of the molecule is CC1Cc2ccccc2N1C(=O)CCNCCc1ccccc1F. The average Bonchev–Trinajstić information content (AvgIpc) is 2.91. The minimum atomic E-state index is -0.169. The molecule has 0 fully saturated rings. The lowest BCUT2D eigenvalue weighted by Crippen LogP contribution is -2.37. The number of anilines is 1. The van der Waals surface area contributed by atoms with E-state index in [0.717, 1.165) is 12.1 Å². The van der Waals surface area contributed by atoms with Crippen molar-refractivity contribution in [3.63, 3.8) is 0 Å². The first-order valence-electron chi connectivity index (χ1n) is 8.51. The molecule has 3 nitrogen and oxygen atoms in total. The molecule has 2 aromatic carbocycles. The second kappa shape index (κ2) is 7.58. The highest BCUT2D eigenvalue weighted by atomic mass is 19.1. The molecule has 126 valence electrons. The lowest BCUT2D eigenvalue weighted by molar-refractivity contribution is -0.118. The first-order chi connectivity index (χ1) is 11.7. The Kier molecular flexibility index (Phi) is 5.26. The second-order valence-corrected chi connectivity index (χ2v) is 6.29. The minimum absolute atomic E-state index is 0.144. The van der Waals surface area contributed by atoms with E-state index in [1.54, 1.807) is 12.1 Å². The molecular weight excluding hydrogens is 303 g/mol. The molecule has 0 bridgehead atoms. The lowest BCUT2D eigenvalue weighted by atomic mass is 10.1. The fraction of sp³-hybridized carbons (Fsp3) is 0.350. The molecule has 1 unspecified atom stereocenters. The van der Waals surface area contributed by atoms with Crippen LogP contribution in [0.2, 0.25) is 0 Å². The summed E-state index contributed by atoms with van der Waals surface area (Å²) in [4.78, 5) is 14.4. The van der Waals surface area contributed by atoms with Crippen LogP contribution in [0.1, 0.15) is 24.5 Å². The van der Waals surface area contributed by atoms with Gasteiger partial charge in [-0.15, -0.1) is 0 Å². The molecule has 1 atom stereocenters. The number of amides is 1. The summed E-state index contributed by atoms with van der Waals surface area (Å²) in [5, 5.41) is 3.24. The topological polar surface area (TPSA) is 32.3 Å². The smallest absolute Gasteiger partial charge is 0.228 e. The van der Waals surface area contributed by atoms with Crippen molar-refractivity contribution in [3.05, 3.63) is 65.5 Å². The zero-order valence-corrected chi connectivity index (χ0v) is 14.0. The van der Waals surface area contributed by atoms with Crippen LogP contribution in [0.4, 0.5) is 10.1 Å². The van der Waals surface area contributed by atoms with Gasteiger partial charge in [0.25, 0.3) is 0 Å². The van der Waals surface area contributed by atoms with E-state index < -0.39 is 0 Å². The van der Waals surface area contributed by atoms with Gasteiger partial charge in [-0.05, 0) is 49.6 Å². The van der Waals surface area contributed by atoms with Crippen molar-refractivity contribution in [2.75, 3.05) is 18.0 Å². The maximum absolute atomic E-state index is 13.5. The van der Waals surface area contributed by atoms with Gasteiger partial charge >= 0.3 is 0 Å². The van der Waals surface area contributed by atoms with E-state index in [1.807, 2.05) is 29.2 Å². The number of rotatable bonds is 6. The Bertz CT molecular complexity index is 716. The normalized spacial score (nSPS) is 16.2. The van der Waals surface area contributed by atoms with E-state index in [9.17, 15) is 9.18 Å². The summed E-state index contributed by atoms with van der Waals surface area (Å²) in [6.07, 6.45) is 2.00. The summed E-state index contributed by atoms with van der Waals surface area (Å²) in [7, 11) is 0. The fourth-order valence-corrected chi connectivity index (χ4v) is 3.31. The Labute approximate surface area is 142 Å². The van der Waals surface area contributed by atoms with Crippen LogP contribution in [0.15, 0.2) is 48.5 Å². The molecule has 0 spiro atoms. The van der Waals surface area contributed by atoms with Crippen LogP contribution in [-0.2, 0) is 17.6 Å². The predicted molar refractivity (Wildman–Crippen MR) is 94.7 cm³/mol. The molecule has 24 heavy (non-hydrogen) atoms. The molecule has 2 aromatic rings. The van der Waals surface area contributed by atoms with Gasteiger partial charge in [0.2, 0.25) is 5.91 Å². The van der Waals surface area contributed by atoms with Gasteiger partial charge in [0.05, 0.1) is 0 Å². The maximum atomic E-state index is 13.5. The summed E-state index contributed by atoms with van der Waals surface area (Å²) in [5.41, 5.74) is 2.99. The number of hydrogen-bond acceptors (Lipinski definition) is 2. The van der Waals surface area contributed by atoms with Crippen molar-refractivity contribution in [1.82, 2.24) is 5.32 Å². The summed E-state index contributed by atoms with van der Waals surface area (Å²) in [5.74, 6) is -0.0243. The predicted octanol–water partition coefficient (Wildman–Crippen LogP) is 3.33. The third kappa shape index (κ3) is 3.65. The van der Waals surface area contributed by atoms with Crippen molar-refractivity contribution in [1.29, 1.82) is 0 Å². The third-order valence-corrected chi connectivity index (χ3v) is 4.52. The Hall–Kier alpha value is -2.20. The van der Waals surface area contributed by atoms with Gasteiger partial charge in [-0.1, -0.05) is 36.4 Å². The molecule has 4 heteroatoms. The maximum Gasteiger partial charge on any atom is 0.228 e. The molecule has 0 radical (unpaired) electrons. The van der Waals surface area contributed by atoms with Gasteiger partial charge in [0, 0.05) is 24.7 Å². The first-order valence-corrected chi connectivity index (χ1v) is 8.51. The summed E-state index contributed by atoms with van der Waals surface area (Å²) >= 11 is 0. The molecule has 3 rings (SSSR count). The standard InChI is InChI=1S/C20H23FN2O/c1-15-14-17-7-3-5-9-19(17)23(15)20(24)11-13-22-12-10-16-6-2-4-8-18(16)21/h2-9,15,22H,10-14H2,1H3. The van der Waals surface area contributed by atoms with Crippen LogP contribution in [0.3, 0.4) is 0 Å². The minimum Gasteiger partial charge on any atom is -0.316 e. The van der Waals surface area contributed by atoms with E-state index in [4.69, 9.17) is 0 Å². The van der Waals surface area contributed by atoms with Crippen molar-refractivity contribution in [3.8, 4) is 0 Å². The van der Waals surface area contributed by atoms with Crippen molar-refractivity contribution in [2.24, 2.45) is 0 Å². The van der Waals surface area contributed by atoms with E-state index in [0.29, 0.717) is 31.5 Å². The zero-order valence-electron chi connectivity index (χ0n) is 14.0. The highest BCUT2D eigenvalue weighted by molar-refractivity contribution is 5.96.